The van der Waals surface area contributed by atoms with Crippen LogP contribution in [0.25, 0.3) is 11.0 Å². The van der Waals surface area contributed by atoms with Crippen LogP contribution in [0.1, 0.15) is 33.5 Å². The third kappa shape index (κ3) is 2.13. The van der Waals surface area contributed by atoms with E-state index in [0.29, 0.717) is 12.0 Å². The Hall–Kier alpha value is -1.39. The van der Waals surface area contributed by atoms with Crippen molar-refractivity contribution in [2.24, 2.45) is 0 Å². The lowest BCUT2D eigenvalue weighted by atomic mass is 10.0. The average molecular weight is 349 g/mol. The van der Waals surface area contributed by atoms with Crippen molar-refractivity contribution in [3.8, 4) is 0 Å². The van der Waals surface area contributed by atoms with Crippen LogP contribution in [-0.4, -0.2) is 5.78 Å². The standard InChI is InChI=1S/C16H13BrO2S/c1-3-11-14(10-6-4-5-7-12(10)19-11)15(18)13-8-9(2)16(17)20-13/h4-8H,3H2,1-2H3. The second kappa shape index (κ2) is 5.19. The van der Waals surface area contributed by atoms with Crippen molar-refractivity contribution in [1.29, 1.82) is 0 Å². The van der Waals surface area contributed by atoms with Crippen LogP contribution in [0.15, 0.2) is 38.5 Å². The highest BCUT2D eigenvalue weighted by Crippen LogP contribution is 2.33. The molecular weight excluding hydrogens is 336 g/mol. The van der Waals surface area contributed by atoms with Crippen LogP contribution in [-0.2, 0) is 6.42 Å². The molecule has 2 aromatic heterocycles. The van der Waals surface area contributed by atoms with Crippen LogP contribution >= 0.6 is 27.3 Å². The van der Waals surface area contributed by atoms with Gasteiger partial charge in [0.05, 0.1) is 14.2 Å². The molecular formula is C16H13BrO2S. The fraction of sp³-hybridized carbons (Fsp3) is 0.188. The molecule has 4 heteroatoms. The lowest BCUT2D eigenvalue weighted by molar-refractivity contribution is 0.104. The van der Waals surface area contributed by atoms with Gasteiger partial charge in [0.1, 0.15) is 11.3 Å². The first-order valence-electron chi connectivity index (χ1n) is 6.42. The van der Waals surface area contributed by atoms with E-state index in [1.165, 1.54) is 11.3 Å². The topological polar surface area (TPSA) is 30.2 Å². The molecule has 20 heavy (non-hydrogen) atoms. The highest BCUT2D eigenvalue weighted by Gasteiger charge is 2.22. The fourth-order valence-electron chi connectivity index (χ4n) is 2.29. The molecule has 0 unspecified atom stereocenters. The molecule has 0 aliphatic carbocycles. The van der Waals surface area contributed by atoms with E-state index in [9.17, 15) is 4.79 Å². The van der Waals surface area contributed by atoms with Crippen molar-refractivity contribution in [1.82, 2.24) is 0 Å². The summed E-state index contributed by atoms with van der Waals surface area (Å²) in [6.45, 7) is 4.00. The number of hydrogen-bond acceptors (Lipinski definition) is 3. The molecule has 2 heterocycles. The van der Waals surface area contributed by atoms with Crippen molar-refractivity contribution in [2.75, 3.05) is 0 Å². The summed E-state index contributed by atoms with van der Waals surface area (Å²) in [5, 5.41) is 0.900. The monoisotopic (exact) mass is 348 g/mol. The number of carbonyl (C=O) groups is 1. The zero-order valence-corrected chi connectivity index (χ0v) is 13.6. The quantitative estimate of drug-likeness (QED) is 0.596. The SMILES string of the molecule is CCc1oc2ccccc2c1C(=O)c1cc(C)c(Br)s1. The molecule has 1 aromatic carbocycles. The van der Waals surface area contributed by atoms with Crippen LogP contribution in [0.3, 0.4) is 0 Å². The maximum atomic E-state index is 12.8. The molecule has 0 aliphatic rings. The Bertz CT molecular complexity index is 779. The van der Waals surface area contributed by atoms with E-state index in [1.807, 2.05) is 44.2 Å². The predicted molar refractivity (Wildman–Crippen MR) is 85.8 cm³/mol. The minimum Gasteiger partial charge on any atom is -0.460 e. The summed E-state index contributed by atoms with van der Waals surface area (Å²) < 4.78 is 6.81. The van der Waals surface area contributed by atoms with Gasteiger partial charge < -0.3 is 4.42 Å². The van der Waals surface area contributed by atoms with Crippen LogP contribution in [0.4, 0.5) is 0 Å². The highest BCUT2D eigenvalue weighted by atomic mass is 79.9. The van der Waals surface area contributed by atoms with Crippen molar-refractivity contribution < 1.29 is 9.21 Å². The Morgan fingerprint density at radius 1 is 1.35 bits per heavy atom. The first-order valence-corrected chi connectivity index (χ1v) is 8.03. The second-order valence-corrected chi connectivity index (χ2v) is 7.02. The number of para-hydroxylation sites is 1. The van der Waals surface area contributed by atoms with Gasteiger partial charge in [0.25, 0.3) is 0 Å². The fourth-order valence-corrected chi connectivity index (χ4v) is 3.77. The molecule has 0 saturated carbocycles. The number of halogens is 1. The van der Waals surface area contributed by atoms with Crippen molar-refractivity contribution in [3.05, 3.63) is 55.9 Å². The van der Waals surface area contributed by atoms with E-state index in [2.05, 4.69) is 15.9 Å². The Morgan fingerprint density at radius 3 is 2.75 bits per heavy atom. The lowest BCUT2D eigenvalue weighted by Gasteiger charge is -1.98. The Morgan fingerprint density at radius 2 is 2.10 bits per heavy atom. The first kappa shape index (κ1) is 13.6. The molecule has 0 spiro atoms. The molecule has 0 aliphatic heterocycles. The summed E-state index contributed by atoms with van der Waals surface area (Å²) in [5.41, 5.74) is 2.57. The molecule has 0 radical (unpaired) electrons. The largest absolute Gasteiger partial charge is 0.460 e. The normalized spacial score (nSPS) is 11.2. The third-order valence-electron chi connectivity index (χ3n) is 3.30. The van der Waals surface area contributed by atoms with E-state index in [1.54, 1.807) is 0 Å². The first-order chi connectivity index (χ1) is 9.61. The van der Waals surface area contributed by atoms with Gasteiger partial charge >= 0.3 is 0 Å². The molecule has 0 saturated heterocycles. The number of thiophene rings is 1. The number of rotatable bonds is 3. The van der Waals surface area contributed by atoms with Crippen LogP contribution < -0.4 is 0 Å². The highest BCUT2D eigenvalue weighted by molar-refractivity contribution is 9.11. The zero-order chi connectivity index (χ0) is 14.3. The lowest BCUT2D eigenvalue weighted by Crippen LogP contribution is -2.01. The number of carbonyl (C=O) groups excluding carboxylic acids is 1. The number of fused-ring (bicyclic) bond motifs is 1. The number of aryl methyl sites for hydroxylation is 2. The van der Waals surface area contributed by atoms with Crippen molar-refractivity contribution in [2.45, 2.75) is 20.3 Å². The van der Waals surface area contributed by atoms with E-state index in [4.69, 9.17) is 4.42 Å². The average Bonchev–Trinajstić information content (AvgIpc) is 2.99. The molecule has 3 aromatic rings. The second-order valence-electron chi connectivity index (χ2n) is 4.65. The van der Waals surface area contributed by atoms with Crippen molar-refractivity contribution >= 4 is 44.0 Å². The molecule has 0 bridgehead atoms. The van der Waals surface area contributed by atoms with Gasteiger partial charge in [0.2, 0.25) is 5.78 Å². The number of benzene rings is 1. The van der Waals surface area contributed by atoms with E-state index < -0.39 is 0 Å². The molecule has 3 rings (SSSR count). The van der Waals surface area contributed by atoms with Gasteiger partial charge in [-0.2, -0.15) is 0 Å². The number of ketones is 1. The molecule has 102 valence electrons. The number of furan rings is 1. The molecule has 0 fully saturated rings. The van der Waals surface area contributed by atoms with E-state index in [0.717, 1.165) is 31.0 Å². The van der Waals surface area contributed by atoms with Crippen LogP contribution in [0, 0.1) is 6.92 Å². The van der Waals surface area contributed by atoms with Crippen LogP contribution in [0.5, 0.6) is 0 Å². The summed E-state index contributed by atoms with van der Waals surface area (Å²) in [5.74, 6) is 0.809. The predicted octanol–water partition coefficient (Wildman–Crippen LogP) is 5.36. The molecule has 0 atom stereocenters. The van der Waals surface area contributed by atoms with Gasteiger partial charge in [-0.25, -0.2) is 0 Å². The maximum absolute atomic E-state index is 12.8. The Kier molecular flexibility index (Phi) is 3.52. The van der Waals surface area contributed by atoms with Gasteiger partial charge in [0, 0.05) is 11.8 Å². The molecule has 2 nitrogen and oxygen atoms in total. The van der Waals surface area contributed by atoms with Crippen molar-refractivity contribution in [3.63, 3.8) is 0 Å². The zero-order valence-electron chi connectivity index (χ0n) is 11.2. The van der Waals surface area contributed by atoms with Gasteiger partial charge in [-0.05, 0) is 40.5 Å². The summed E-state index contributed by atoms with van der Waals surface area (Å²) in [7, 11) is 0. The molecule has 0 N–H and O–H groups in total. The van der Waals surface area contributed by atoms with Gasteiger partial charge in [-0.3, -0.25) is 4.79 Å². The Labute approximate surface area is 129 Å². The number of hydrogen-bond donors (Lipinski definition) is 0. The van der Waals surface area contributed by atoms with Gasteiger partial charge in [-0.1, -0.05) is 25.1 Å². The van der Waals surface area contributed by atoms with Gasteiger partial charge in [0.15, 0.2) is 0 Å². The van der Waals surface area contributed by atoms with E-state index >= 15 is 0 Å². The van der Waals surface area contributed by atoms with E-state index in [-0.39, 0.29) is 5.78 Å². The third-order valence-corrected chi connectivity index (χ3v) is 5.43. The summed E-state index contributed by atoms with van der Waals surface area (Å²) in [6.07, 6.45) is 0.710. The summed E-state index contributed by atoms with van der Waals surface area (Å²) >= 11 is 4.95. The summed E-state index contributed by atoms with van der Waals surface area (Å²) in [4.78, 5) is 13.5. The minimum atomic E-state index is 0.0469. The summed E-state index contributed by atoms with van der Waals surface area (Å²) in [6, 6.07) is 9.63. The Balaban J connectivity index is 2.20. The minimum absolute atomic E-state index is 0.0469. The van der Waals surface area contributed by atoms with Crippen LogP contribution in [0.2, 0.25) is 0 Å². The van der Waals surface area contributed by atoms with Gasteiger partial charge in [-0.15, -0.1) is 11.3 Å². The smallest absolute Gasteiger partial charge is 0.207 e. The molecule has 0 amide bonds. The maximum Gasteiger partial charge on any atom is 0.207 e.